The van der Waals surface area contributed by atoms with Crippen LogP contribution in [0.1, 0.15) is 18.4 Å². The first-order valence-corrected chi connectivity index (χ1v) is 7.88. The molecule has 2 rings (SSSR count). The quantitative estimate of drug-likeness (QED) is 0.773. The minimum absolute atomic E-state index is 0.234. The molecule has 1 aliphatic rings. The van der Waals surface area contributed by atoms with Gasteiger partial charge in [-0.15, -0.1) is 0 Å². The summed E-state index contributed by atoms with van der Waals surface area (Å²) in [5.41, 5.74) is 0.913. The second kappa shape index (κ2) is 8.76. The summed E-state index contributed by atoms with van der Waals surface area (Å²) in [6.07, 6.45) is 2.68. The molecule has 1 heterocycles. The van der Waals surface area contributed by atoms with Crippen LogP contribution >= 0.6 is 0 Å². The Morgan fingerprint density at radius 1 is 1.36 bits per heavy atom. The molecule has 0 spiro atoms. The first-order chi connectivity index (χ1) is 10.7. The van der Waals surface area contributed by atoms with Crippen LogP contribution in [-0.2, 0) is 16.0 Å². The van der Waals surface area contributed by atoms with E-state index >= 15 is 0 Å². The summed E-state index contributed by atoms with van der Waals surface area (Å²) in [6.45, 7) is 3.77. The van der Waals surface area contributed by atoms with Crippen LogP contribution in [-0.4, -0.2) is 57.3 Å². The lowest BCUT2D eigenvalue weighted by atomic mass is 10.1. The number of esters is 1. The molecule has 0 atom stereocenters. The van der Waals surface area contributed by atoms with Gasteiger partial charge in [0.1, 0.15) is 12.4 Å². The van der Waals surface area contributed by atoms with Crippen molar-refractivity contribution in [2.75, 3.05) is 40.4 Å². The number of hydrogen-bond donors (Lipinski definition) is 1. The van der Waals surface area contributed by atoms with Gasteiger partial charge in [0.25, 0.3) is 0 Å². The summed E-state index contributed by atoms with van der Waals surface area (Å²) in [5.74, 6) is 0.572. The Labute approximate surface area is 132 Å². The minimum Gasteiger partial charge on any atom is -0.492 e. The van der Waals surface area contributed by atoms with Crippen LogP contribution in [0.3, 0.4) is 0 Å². The first-order valence-electron chi connectivity index (χ1n) is 7.88. The van der Waals surface area contributed by atoms with Crippen molar-refractivity contribution >= 4 is 5.97 Å². The maximum absolute atomic E-state index is 11.3. The number of benzene rings is 1. The molecule has 1 aromatic rings. The van der Waals surface area contributed by atoms with Crippen molar-refractivity contribution in [2.45, 2.75) is 25.3 Å². The molecule has 0 unspecified atom stereocenters. The highest BCUT2D eigenvalue weighted by Gasteiger charge is 2.17. The standard InChI is InChI=1S/C17H26N2O3/c1-19(15-6-8-18-9-7-15)10-11-22-16-5-3-4-14(12-16)13-17(20)21-2/h3-5,12,15,18H,6-11,13H2,1-2H3. The van der Waals surface area contributed by atoms with E-state index in [9.17, 15) is 4.79 Å². The van der Waals surface area contributed by atoms with Crippen molar-refractivity contribution in [3.63, 3.8) is 0 Å². The Bertz CT molecular complexity index is 473. The molecule has 0 amide bonds. The summed E-state index contributed by atoms with van der Waals surface area (Å²) < 4.78 is 10.5. The lowest BCUT2D eigenvalue weighted by Gasteiger charge is -2.31. The Morgan fingerprint density at radius 2 is 2.14 bits per heavy atom. The number of ether oxygens (including phenoxy) is 2. The molecule has 1 saturated heterocycles. The zero-order valence-electron chi connectivity index (χ0n) is 13.5. The van der Waals surface area contributed by atoms with E-state index in [-0.39, 0.29) is 12.4 Å². The van der Waals surface area contributed by atoms with Crippen LogP contribution in [0.4, 0.5) is 0 Å². The zero-order valence-corrected chi connectivity index (χ0v) is 13.5. The molecule has 0 saturated carbocycles. The van der Waals surface area contributed by atoms with Gasteiger partial charge in [0.05, 0.1) is 13.5 Å². The zero-order chi connectivity index (χ0) is 15.8. The Kier molecular flexibility index (Phi) is 6.68. The maximum atomic E-state index is 11.3. The average Bonchev–Trinajstić information content (AvgIpc) is 2.56. The molecular formula is C17H26N2O3. The second-order valence-electron chi connectivity index (χ2n) is 5.71. The molecule has 5 heteroatoms. The summed E-state index contributed by atoms with van der Waals surface area (Å²) in [7, 11) is 3.56. The van der Waals surface area contributed by atoms with Crippen molar-refractivity contribution in [3.05, 3.63) is 29.8 Å². The molecule has 0 aromatic heterocycles. The predicted molar refractivity (Wildman–Crippen MR) is 86.2 cm³/mol. The molecular weight excluding hydrogens is 280 g/mol. The van der Waals surface area contributed by atoms with Gasteiger partial charge in [-0.2, -0.15) is 0 Å². The van der Waals surface area contributed by atoms with Gasteiger partial charge in [-0.25, -0.2) is 0 Å². The third-order valence-corrected chi connectivity index (χ3v) is 4.12. The highest BCUT2D eigenvalue weighted by Crippen LogP contribution is 2.15. The van der Waals surface area contributed by atoms with Gasteiger partial charge in [-0.05, 0) is 50.7 Å². The van der Waals surface area contributed by atoms with E-state index in [0.717, 1.165) is 30.9 Å². The number of rotatable bonds is 7. The number of piperidine rings is 1. The van der Waals surface area contributed by atoms with Gasteiger partial charge < -0.3 is 14.8 Å². The SMILES string of the molecule is COC(=O)Cc1cccc(OCCN(C)C2CCNCC2)c1. The van der Waals surface area contributed by atoms with Crippen molar-refractivity contribution in [2.24, 2.45) is 0 Å². The lowest BCUT2D eigenvalue weighted by Crippen LogP contribution is -2.42. The van der Waals surface area contributed by atoms with Crippen molar-refractivity contribution < 1.29 is 14.3 Å². The van der Waals surface area contributed by atoms with E-state index in [1.807, 2.05) is 24.3 Å². The third-order valence-electron chi connectivity index (χ3n) is 4.12. The fourth-order valence-electron chi connectivity index (χ4n) is 2.72. The minimum atomic E-state index is -0.234. The van der Waals surface area contributed by atoms with Gasteiger partial charge in [0.2, 0.25) is 0 Å². The van der Waals surface area contributed by atoms with Crippen molar-refractivity contribution in [3.8, 4) is 5.75 Å². The number of carbonyl (C=O) groups is 1. The summed E-state index contributed by atoms with van der Waals surface area (Å²) in [6, 6.07) is 8.29. The van der Waals surface area contributed by atoms with Crippen LogP contribution in [0, 0.1) is 0 Å². The largest absolute Gasteiger partial charge is 0.492 e. The molecule has 1 fully saturated rings. The van der Waals surface area contributed by atoms with Crippen molar-refractivity contribution in [1.82, 2.24) is 10.2 Å². The first kappa shape index (κ1) is 16.8. The molecule has 1 aromatic carbocycles. The molecule has 0 bridgehead atoms. The Balaban J connectivity index is 1.76. The van der Waals surface area contributed by atoms with E-state index in [2.05, 4.69) is 22.0 Å². The molecule has 0 aliphatic carbocycles. The van der Waals surface area contributed by atoms with Gasteiger partial charge in [0.15, 0.2) is 0 Å². The predicted octanol–water partition coefficient (Wildman–Crippen LogP) is 1.46. The van der Waals surface area contributed by atoms with E-state index in [1.165, 1.54) is 20.0 Å². The van der Waals surface area contributed by atoms with Crippen LogP contribution in [0.2, 0.25) is 0 Å². The van der Waals surface area contributed by atoms with Gasteiger partial charge in [0, 0.05) is 12.6 Å². The number of methoxy groups -OCH3 is 1. The van der Waals surface area contributed by atoms with E-state index < -0.39 is 0 Å². The van der Waals surface area contributed by atoms with Crippen molar-refractivity contribution in [1.29, 1.82) is 0 Å². The van der Waals surface area contributed by atoms with Gasteiger partial charge >= 0.3 is 5.97 Å². The summed E-state index contributed by atoms with van der Waals surface area (Å²) in [5, 5.41) is 3.38. The van der Waals surface area contributed by atoms with Gasteiger partial charge in [-0.3, -0.25) is 9.69 Å². The highest BCUT2D eigenvalue weighted by atomic mass is 16.5. The second-order valence-corrected chi connectivity index (χ2v) is 5.71. The Hall–Kier alpha value is -1.59. The maximum Gasteiger partial charge on any atom is 0.309 e. The molecule has 0 radical (unpaired) electrons. The fraction of sp³-hybridized carbons (Fsp3) is 0.588. The highest BCUT2D eigenvalue weighted by molar-refractivity contribution is 5.72. The Morgan fingerprint density at radius 3 is 2.86 bits per heavy atom. The molecule has 122 valence electrons. The topological polar surface area (TPSA) is 50.8 Å². The van der Waals surface area contributed by atoms with E-state index in [4.69, 9.17) is 4.74 Å². The van der Waals surface area contributed by atoms with Crippen LogP contribution in [0.25, 0.3) is 0 Å². The summed E-state index contributed by atoms with van der Waals surface area (Å²) >= 11 is 0. The van der Waals surface area contributed by atoms with Crippen LogP contribution in [0.5, 0.6) is 5.75 Å². The smallest absolute Gasteiger partial charge is 0.309 e. The number of carbonyl (C=O) groups excluding carboxylic acids is 1. The average molecular weight is 306 g/mol. The number of hydrogen-bond acceptors (Lipinski definition) is 5. The lowest BCUT2D eigenvalue weighted by molar-refractivity contribution is -0.139. The molecule has 1 N–H and O–H groups in total. The normalized spacial score (nSPS) is 15.8. The molecule has 5 nitrogen and oxygen atoms in total. The van der Waals surface area contributed by atoms with Crippen LogP contribution in [0.15, 0.2) is 24.3 Å². The summed E-state index contributed by atoms with van der Waals surface area (Å²) in [4.78, 5) is 13.7. The monoisotopic (exact) mass is 306 g/mol. The number of likely N-dealkylation sites (N-methyl/N-ethyl adjacent to an activating group) is 1. The number of nitrogens with one attached hydrogen (secondary N) is 1. The third kappa shape index (κ3) is 5.31. The molecule has 22 heavy (non-hydrogen) atoms. The van der Waals surface area contributed by atoms with Crippen LogP contribution < -0.4 is 10.1 Å². The van der Waals surface area contributed by atoms with Gasteiger partial charge in [-0.1, -0.05) is 12.1 Å². The number of nitrogens with zero attached hydrogens (tertiary/aromatic N) is 1. The van der Waals surface area contributed by atoms with E-state index in [1.54, 1.807) is 0 Å². The molecule has 1 aliphatic heterocycles. The fourth-order valence-corrected chi connectivity index (χ4v) is 2.72. The van der Waals surface area contributed by atoms with E-state index in [0.29, 0.717) is 12.6 Å².